The molecule has 0 spiro atoms. The number of nitrogen functional groups attached to an aromatic ring is 1. The molecule has 0 saturated carbocycles. The van der Waals surface area contributed by atoms with Crippen LogP contribution >= 0.6 is 0 Å². The van der Waals surface area contributed by atoms with E-state index in [4.69, 9.17) is 5.84 Å². The summed E-state index contributed by atoms with van der Waals surface area (Å²) in [6, 6.07) is 1.31. The fourth-order valence-corrected chi connectivity index (χ4v) is 0.673. The van der Waals surface area contributed by atoms with Crippen LogP contribution in [0, 0.1) is 12.9 Å². The van der Waals surface area contributed by atoms with Crippen molar-refractivity contribution in [2.45, 2.75) is 6.92 Å². The van der Waals surface area contributed by atoms with Gasteiger partial charge in [0, 0.05) is 0 Å². The topological polar surface area (TPSA) is 50.9 Å². The number of pyridine rings is 1. The highest BCUT2D eigenvalue weighted by Gasteiger charge is 1.96. The van der Waals surface area contributed by atoms with E-state index in [-0.39, 0.29) is 0 Å². The maximum atomic E-state index is 12.3. The van der Waals surface area contributed by atoms with Gasteiger partial charge in [-0.15, -0.1) is 0 Å². The van der Waals surface area contributed by atoms with E-state index in [1.165, 1.54) is 12.3 Å². The van der Waals surface area contributed by atoms with Crippen molar-refractivity contribution in [2.24, 2.45) is 5.84 Å². The number of hydrogen-bond acceptors (Lipinski definition) is 3. The Labute approximate surface area is 58.0 Å². The first-order valence-corrected chi connectivity index (χ1v) is 2.83. The highest BCUT2D eigenvalue weighted by atomic mass is 19.1. The SMILES string of the molecule is Cc1cc(F)ncc1NN. The average Bonchev–Trinajstić information content (AvgIpc) is 1.88. The summed E-state index contributed by atoms with van der Waals surface area (Å²) in [5.41, 5.74) is 3.78. The van der Waals surface area contributed by atoms with Gasteiger partial charge in [0.15, 0.2) is 0 Å². The van der Waals surface area contributed by atoms with E-state index in [9.17, 15) is 4.39 Å². The van der Waals surface area contributed by atoms with E-state index in [1.54, 1.807) is 6.92 Å². The van der Waals surface area contributed by atoms with E-state index < -0.39 is 5.95 Å². The Hall–Kier alpha value is -1.16. The summed E-state index contributed by atoms with van der Waals surface area (Å²) in [5, 5.41) is 0. The van der Waals surface area contributed by atoms with Crippen LogP contribution in [0.15, 0.2) is 12.3 Å². The van der Waals surface area contributed by atoms with Crippen molar-refractivity contribution in [3.8, 4) is 0 Å². The van der Waals surface area contributed by atoms with Gasteiger partial charge in [-0.25, -0.2) is 4.98 Å². The summed E-state index contributed by atoms with van der Waals surface area (Å²) in [4.78, 5) is 3.40. The molecular weight excluding hydrogens is 133 g/mol. The lowest BCUT2D eigenvalue weighted by atomic mass is 10.2. The Balaban J connectivity index is 3.07. The number of hydrogen-bond donors (Lipinski definition) is 2. The van der Waals surface area contributed by atoms with Crippen LogP contribution in [0.3, 0.4) is 0 Å². The maximum Gasteiger partial charge on any atom is 0.213 e. The van der Waals surface area contributed by atoms with Gasteiger partial charge in [-0.2, -0.15) is 4.39 Å². The number of aromatic nitrogens is 1. The molecule has 1 aromatic rings. The second-order valence-corrected chi connectivity index (χ2v) is 1.97. The molecule has 0 radical (unpaired) electrons. The summed E-state index contributed by atoms with van der Waals surface area (Å²) >= 11 is 0. The molecule has 0 aliphatic carbocycles. The molecule has 1 aromatic heterocycles. The highest BCUT2D eigenvalue weighted by Crippen LogP contribution is 2.10. The van der Waals surface area contributed by atoms with Gasteiger partial charge in [0.2, 0.25) is 5.95 Å². The summed E-state index contributed by atoms with van der Waals surface area (Å²) in [6.07, 6.45) is 1.35. The molecule has 0 aliphatic heterocycles. The third kappa shape index (κ3) is 1.22. The number of nitrogens with zero attached hydrogens (tertiary/aromatic N) is 1. The normalized spacial score (nSPS) is 9.50. The molecule has 0 bridgehead atoms. The van der Waals surface area contributed by atoms with Crippen LogP contribution in [-0.4, -0.2) is 4.98 Å². The molecule has 0 fully saturated rings. The summed E-state index contributed by atoms with van der Waals surface area (Å²) < 4.78 is 12.3. The van der Waals surface area contributed by atoms with E-state index in [1.807, 2.05) is 0 Å². The third-order valence-electron chi connectivity index (χ3n) is 1.23. The van der Waals surface area contributed by atoms with Crippen LogP contribution in [0.1, 0.15) is 5.56 Å². The minimum atomic E-state index is -0.489. The predicted molar refractivity (Wildman–Crippen MR) is 36.7 cm³/mol. The molecule has 0 unspecified atom stereocenters. The summed E-state index contributed by atoms with van der Waals surface area (Å²) in [6.45, 7) is 1.75. The monoisotopic (exact) mass is 141 g/mol. The largest absolute Gasteiger partial charge is 0.322 e. The van der Waals surface area contributed by atoms with Crippen LogP contribution in [0.5, 0.6) is 0 Å². The fourth-order valence-electron chi connectivity index (χ4n) is 0.673. The van der Waals surface area contributed by atoms with Gasteiger partial charge in [-0.3, -0.25) is 5.84 Å². The van der Waals surface area contributed by atoms with Crippen molar-refractivity contribution in [3.05, 3.63) is 23.8 Å². The van der Waals surface area contributed by atoms with Crippen LogP contribution in [0.4, 0.5) is 10.1 Å². The molecule has 10 heavy (non-hydrogen) atoms. The van der Waals surface area contributed by atoms with Crippen molar-refractivity contribution < 1.29 is 4.39 Å². The molecule has 0 saturated heterocycles. The van der Waals surface area contributed by atoms with Crippen molar-refractivity contribution in [1.82, 2.24) is 4.98 Å². The van der Waals surface area contributed by atoms with E-state index in [2.05, 4.69) is 10.4 Å². The van der Waals surface area contributed by atoms with Gasteiger partial charge in [0.25, 0.3) is 0 Å². The lowest BCUT2D eigenvalue weighted by molar-refractivity contribution is 0.583. The van der Waals surface area contributed by atoms with Crippen LogP contribution in [0.2, 0.25) is 0 Å². The van der Waals surface area contributed by atoms with Gasteiger partial charge in [0.05, 0.1) is 11.9 Å². The predicted octanol–water partition coefficient (Wildman–Crippen LogP) is 0.815. The Morgan fingerprint density at radius 3 is 2.90 bits per heavy atom. The molecule has 3 nitrogen and oxygen atoms in total. The van der Waals surface area contributed by atoms with Gasteiger partial charge < -0.3 is 5.43 Å². The van der Waals surface area contributed by atoms with Crippen LogP contribution in [0.25, 0.3) is 0 Å². The third-order valence-corrected chi connectivity index (χ3v) is 1.23. The Morgan fingerprint density at radius 2 is 2.40 bits per heavy atom. The number of anilines is 1. The van der Waals surface area contributed by atoms with E-state index >= 15 is 0 Å². The molecule has 4 heteroatoms. The van der Waals surface area contributed by atoms with Crippen molar-refractivity contribution in [2.75, 3.05) is 5.43 Å². The maximum absolute atomic E-state index is 12.3. The number of nitrogens with one attached hydrogen (secondary N) is 1. The number of aryl methyl sites for hydroxylation is 1. The van der Waals surface area contributed by atoms with Crippen LogP contribution < -0.4 is 11.3 Å². The van der Waals surface area contributed by atoms with Crippen molar-refractivity contribution in [1.29, 1.82) is 0 Å². The minimum Gasteiger partial charge on any atom is -0.322 e. The average molecular weight is 141 g/mol. The van der Waals surface area contributed by atoms with Gasteiger partial charge in [-0.05, 0) is 18.6 Å². The standard InChI is InChI=1S/C6H8FN3/c1-4-2-6(7)9-3-5(4)10-8/h2-3,10H,8H2,1H3. The zero-order chi connectivity index (χ0) is 7.56. The number of halogens is 1. The molecule has 1 heterocycles. The molecule has 0 amide bonds. The van der Waals surface area contributed by atoms with Crippen molar-refractivity contribution >= 4 is 5.69 Å². The minimum absolute atomic E-state index is 0.489. The van der Waals surface area contributed by atoms with Crippen molar-refractivity contribution in [3.63, 3.8) is 0 Å². The first kappa shape index (κ1) is 6.95. The molecule has 54 valence electrons. The quantitative estimate of drug-likeness (QED) is 0.346. The summed E-state index contributed by atoms with van der Waals surface area (Å²) in [7, 11) is 0. The lowest BCUT2D eigenvalue weighted by Gasteiger charge is -2.01. The zero-order valence-electron chi connectivity index (χ0n) is 5.56. The van der Waals surface area contributed by atoms with Gasteiger partial charge in [-0.1, -0.05) is 0 Å². The number of nitrogens with two attached hydrogens (primary N) is 1. The molecule has 1 rings (SSSR count). The highest BCUT2D eigenvalue weighted by molar-refractivity contribution is 5.46. The Morgan fingerprint density at radius 1 is 1.70 bits per heavy atom. The van der Waals surface area contributed by atoms with Gasteiger partial charge >= 0.3 is 0 Å². The fraction of sp³-hybridized carbons (Fsp3) is 0.167. The van der Waals surface area contributed by atoms with E-state index in [0.29, 0.717) is 5.69 Å². The number of rotatable bonds is 1. The molecule has 3 N–H and O–H groups in total. The van der Waals surface area contributed by atoms with Gasteiger partial charge in [0.1, 0.15) is 0 Å². The molecule has 0 atom stereocenters. The Bertz CT molecular complexity index is 236. The lowest BCUT2D eigenvalue weighted by Crippen LogP contribution is -2.08. The molecule has 0 aromatic carbocycles. The Kier molecular flexibility index (Phi) is 1.82. The zero-order valence-corrected chi connectivity index (χ0v) is 5.56. The second-order valence-electron chi connectivity index (χ2n) is 1.97. The second kappa shape index (κ2) is 2.62. The molecular formula is C6H8FN3. The molecule has 0 aliphatic rings. The van der Waals surface area contributed by atoms with E-state index in [0.717, 1.165) is 5.56 Å². The first-order chi connectivity index (χ1) is 4.74. The number of hydrazine groups is 1. The van der Waals surface area contributed by atoms with Crippen LogP contribution in [-0.2, 0) is 0 Å². The summed E-state index contributed by atoms with van der Waals surface area (Å²) in [5.74, 6) is 4.60. The first-order valence-electron chi connectivity index (χ1n) is 2.83. The smallest absolute Gasteiger partial charge is 0.213 e.